The average Bonchev–Trinajstić information content (AvgIpc) is 2.23. The van der Waals surface area contributed by atoms with Crippen LogP contribution in [0.1, 0.15) is 18.9 Å². The molecule has 0 saturated carbocycles. The molecule has 0 atom stereocenters. The van der Waals surface area contributed by atoms with E-state index in [2.05, 4.69) is 0 Å². The lowest BCUT2D eigenvalue weighted by molar-refractivity contribution is 0.0991. The van der Waals surface area contributed by atoms with E-state index in [1.807, 2.05) is 13.8 Å². The third-order valence-corrected chi connectivity index (χ3v) is 1.92. The van der Waals surface area contributed by atoms with Gasteiger partial charge in [0.1, 0.15) is 6.61 Å². The summed E-state index contributed by atoms with van der Waals surface area (Å²) in [7, 11) is 0. The van der Waals surface area contributed by atoms with Crippen LogP contribution in [-0.4, -0.2) is 19.8 Å². The Bertz CT molecular complexity index is 300. The van der Waals surface area contributed by atoms with Crippen LogP contribution >= 0.6 is 0 Å². The normalized spacial score (nSPS) is 10.3. The number of aryl methyl sites for hydroxylation is 1. The fourth-order valence-electron chi connectivity index (χ4n) is 1.18. The summed E-state index contributed by atoms with van der Waals surface area (Å²) >= 11 is 0. The number of benzene rings is 1. The molecule has 0 bridgehead atoms. The number of ether oxygens (including phenoxy) is 2. The van der Waals surface area contributed by atoms with Crippen molar-refractivity contribution in [3.05, 3.63) is 29.6 Å². The molecule has 0 heterocycles. The zero-order valence-corrected chi connectivity index (χ0v) is 9.25. The van der Waals surface area contributed by atoms with Crippen LogP contribution in [0.5, 0.6) is 5.75 Å². The molecule has 0 unspecified atom stereocenters. The molecule has 0 fully saturated rings. The van der Waals surface area contributed by atoms with Crippen LogP contribution in [0, 0.1) is 12.7 Å². The summed E-state index contributed by atoms with van der Waals surface area (Å²) in [6.45, 7) is 5.56. The third kappa shape index (κ3) is 4.30. The van der Waals surface area contributed by atoms with Crippen molar-refractivity contribution in [3.63, 3.8) is 0 Å². The fraction of sp³-hybridized carbons (Fsp3) is 0.500. The second-order valence-electron chi connectivity index (χ2n) is 3.39. The summed E-state index contributed by atoms with van der Waals surface area (Å²) in [5.74, 6) is -0.0220. The molecule has 1 rings (SSSR count). The van der Waals surface area contributed by atoms with E-state index < -0.39 is 0 Å². The average molecular weight is 212 g/mol. The standard InChI is InChI=1S/C12H17FO2/c1-3-6-14-7-8-15-12-9-10(2)4-5-11(12)13/h4-5,9H,3,6-8H2,1-2H3. The Balaban J connectivity index is 2.33. The predicted molar refractivity (Wildman–Crippen MR) is 57.7 cm³/mol. The van der Waals surface area contributed by atoms with Crippen molar-refractivity contribution in [2.24, 2.45) is 0 Å². The van der Waals surface area contributed by atoms with E-state index in [9.17, 15) is 4.39 Å². The van der Waals surface area contributed by atoms with Crippen molar-refractivity contribution in [2.75, 3.05) is 19.8 Å². The molecule has 2 nitrogen and oxygen atoms in total. The van der Waals surface area contributed by atoms with Crippen molar-refractivity contribution in [3.8, 4) is 5.75 Å². The van der Waals surface area contributed by atoms with Crippen molar-refractivity contribution < 1.29 is 13.9 Å². The monoisotopic (exact) mass is 212 g/mol. The Hall–Kier alpha value is -1.09. The molecule has 84 valence electrons. The van der Waals surface area contributed by atoms with Crippen LogP contribution in [0.15, 0.2) is 18.2 Å². The summed E-state index contributed by atoms with van der Waals surface area (Å²) in [5, 5.41) is 0. The first-order chi connectivity index (χ1) is 7.24. The van der Waals surface area contributed by atoms with E-state index in [0.717, 1.165) is 18.6 Å². The van der Waals surface area contributed by atoms with Crippen molar-refractivity contribution in [1.82, 2.24) is 0 Å². The third-order valence-electron chi connectivity index (χ3n) is 1.92. The molecular weight excluding hydrogens is 195 g/mol. The van der Waals surface area contributed by atoms with Gasteiger partial charge in [0.2, 0.25) is 0 Å². The molecule has 0 aliphatic heterocycles. The lowest BCUT2D eigenvalue weighted by Gasteiger charge is -2.08. The summed E-state index contributed by atoms with van der Waals surface area (Å²) in [4.78, 5) is 0. The number of rotatable bonds is 6. The van der Waals surface area contributed by atoms with Gasteiger partial charge in [-0.15, -0.1) is 0 Å². The Morgan fingerprint density at radius 3 is 2.73 bits per heavy atom. The van der Waals surface area contributed by atoms with Gasteiger partial charge in [0.25, 0.3) is 0 Å². The van der Waals surface area contributed by atoms with Crippen LogP contribution in [0.2, 0.25) is 0 Å². The lowest BCUT2D eigenvalue weighted by atomic mass is 10.2. The summed E-state index contributed by atoms with van der Waals surface area (Å²) in [5.41, 5.74) is 0.987. The highest BCUT2D eigenvalue weighted by Crippen LogP contribution is 2.17. The predicted octanol–water partition coefficient (Wildman–Crippen LogP) is 2.94. The fourth-order valence-corrected chi connectivity index (χ4v) is 1.18. The van der Waals surface area contributed by atoms with Crippen molar-refractivity contribution in [1.29, 1.82) is 0 Å². The second kappa shape index (κ2) is 6.40. The van der Waals surface area contributed by atoms with Crippen molar-refractivity contribution in [2.45, 2.75) is 20.3 Å². The highest BCUT2D eigenvalue weighted by molar-refractivity contribution is 5.29. The van der Waals surface area contributed by atoms with Gasteiger partial charge in [0.05, 0.1) is 6.61 Å². The van der Waals surface area contributed by atoms with Crippen LogP contribution in [0.25, 0.3) is 0 Å². The zero-order chi connectivity index (χ0) is 11.1. The lowest BCUT2D eigenvalue weighted by Crippen LogP contribution is -2.08. The van der Waals surface area contributed by atoms with E-state index >= 15 is 0 Å². The maximum Gasteiger partial charge on any atom is 0.165 e. The first kappa shape index (κ1) is 12.0. The Morgan fingerprint density at radius 1 is 1.20 bits per heavy atom. The molecule has 1 aromatic rings. The molecule has 3 heteroatoms. The quantitative estimate of drug-likeness (QED) is 0.675. The molecule has 1 aromatic carbocycles. The Morgan fingerprint density at radius 2 is 2.00 bits per heavy atom. The summed E-state index contributed by atoms with van der Waals surface area (Å²) in [6.07, 6.45) is 0.985. The van der Waals surface area contributed by atoms with Gasteiger partial charge in [-0.25, -0.2) is 4.39 Å². The van der Waals surface area contributed by atoms with Gasteiger partial charge in [-0.3, -0.25) is 0 Å². The van der Waals surface area contributed by atoms with Crippen LogP contribution in [0.4, 0.5) is 4.39 Å². The highest BCUT2D eigenvalue weighted by Gasteiger charge is 2.02. The molecule has 15 heavy (non-hydrogen) atoms. The minimum atomic E-state index is -0.323. The van der Waals surface area contributed by atoms with Gasteiger partial charge in [-0.05, 0) is 31.0 Å². The minimum absolute atomic E-state index is 0.301. The molecule has 0 N–H and O–H groups in total. The van der Waals surface area contributed by atoms with Gasteiger partial charge in [0, 0.05) is 6.61 Å². The molecule has 0 aliphatic carbocycles. The summed E-state index contributed by atoms with van der Waals surface area (Å²) in [6, 6.07) is 4.82. The van der Waals surface area contributed by atoms with E-state index in [1.54, 1.807) is 12.1 Å². The van der Waals surface area contributed by atoms with Gasteiger partial charge >= 0.3 is 0 Å². The maximum atomic E-state index is 13.2. The molecule has 0 saturated heterocycles. The summed E-state index contributed by atoms with van der Waals surface area (Å²) < 4.78 is 23.7. The second-order valence-corrected chi connectivity index (χ2v) is 3.39. The molecular formula is C12H17FO2. The van der Waals surface area contributed by atoms with E-state index in [-0.39, 0.29) is 5.82 Å². The van der Waals surface area contributed by atoms with Gasteiger partial charge in [0.15, 0.2) is 11.6 Å². The van der Waals surface area contributed by atoms with Gasteiger partial charge in [-0.2, -0.15) is 0 Å². The molecule has 0 aromatic heterocycles. The van der Waals surface area contributed by atoms with Crippen LogP contribution < -0.4 is 4.74 Å². The Labute approximate surface area is 90.0 Å². The zero-order valence-electron chi connectivity index (χ0n) is 9.25. The highest BCUT2D eigenvalue weighted by atomic mass is 19.1. The number of hydrogen-bond acceptors (Lipinski definition) is 2. The molecule has 0 aliphatic rings. The van der Waals surface area contributed by atoms with E-state index in [4.69, 9.17) is 9.47 Å². The van der Waals surface area contributed by atoms with E-state index in [0.29, 0.717) is 19.0 Å². The first-order valence-electron chi connectivity index (χ1n) is 5.20. The van der Waals surface area contributed by atoms with Crippen molar-refractivity contribution >= 4 is 0 Å². The Kier molecular flexibility index (Phi) is 5.12. The topological polar surface area (TPSA) is 18.5 Å². The molecule has 0 radical (unpaired) electrons. The van der Waals surface area contributed by atoms with Gasteiger partial charge < -0.3 is 9.47 Å². The van der Waals surface area contributed by atoms with E-state index in [1.165, 1.54) is 6.07 Å². The van der Waals surface area contributed by atoms with Crippen LogP contribution in [0.3, 0.4) is 0 Å². The smallest absolute Gasteiger partial charge is 0.165 e. The molecule has 0 spiro atoms. The van der Waals surface area contributed by atoms with Crippen LogP contribution in [-0.2, 0) is 4.74 Å². The SMILES string of the molecule is CCCOCCOc1cc(C)ccc1F. The largest absolute Gasteiger partial charge is 0.488 e. The number of halogens is 1. The first-order valence-corrected chi connectivity index (χ1v) is 5.20. The molecule has 0 amide bonds. The number of hydrogen-bond donors (Lipinski definition) is 0. The van der Waals surface area contributed by atoms with Gasteiger partial charge in [-0.1, -0.05) is 13.0 Å². The minimum Gasteiger partial charge on any atom is -0.488 e. The maximum absolute atomic E-state index is 13.2.